The molecule has 1 amide bonds. The van der Waals surface area contributed by atoms with Gasteiger partial charge in [-0.15, -0.1) is 0 Å². The molecule has 2 N–H and O–H groups in total. The van der Waals surface area contributed by atoms with Crippen LogP contribution in [-0.4, -0.2) is 26.0 Å². The summed E-state index contributed by atoms with van der Waals surface area (Å²) in [6.07, 6.45) is 3.17. The van der Waals surface area contributed by atoms with E-state index in [-0.39, 0.29) is 17.1 Å². The zero-order chi connectivity index (χ0) is 13.0. The average molecular weight is 250 g/mol. The fraction of sp³-hybridized carbons (Fsp3) is 0.500. The molecule has 1 aromatic rings. The topological polar surface area (TPSA) is 41.1 Å². The highest BCUT2D eigenvalue weighted by molar-refractivity contribution is 5.78. The molecule has 1 saturated carbocycles. The van der Waals surface area contributed by atoms with Crippen molar-refractivity contribution in [3.05, 3.63) is 35.6 Å². The molecule has 0 spiro atoms. The van der Waals surface area contributed by atoms with Crippen LogP contribution >= 0.6 is 0 Å². The standard InChI is InChI=1S/C14H19FN2O/c1-16-9-13(18)17-10-14(6-7-14)8-11-2-4-12(15)5-3-11/h2-5,16H,6-10H2,1H3,(H,17,18). The van der Waals surface area contributed by atoms with Crippen LogP contribution in [0.4, 0.5) is 4.39 Å². The summed E-state index contributed by atoms with van der Waals surface area (Å²) in [7, 11) is 1.75. The Morgan fingerprint density at radius 1 is 1.33 bits per heavy atom. The minimum atomic E-state index is -0.203. The Bertz CT molecular complexity index is 412. The number of carbonyl (C=O) groups excluding carboxylic acids is 1. The van der Waals surface area contributed by atoms with E-state index in [0.29, 0.717) is 13.1 Å². The number of rotatable bonds is 6. The van der Waals surface area contributed by atoms with Gasteiger partial charge in [0, 0.05) is 6.54 Å². The van der Waals surface area contributed by atoms with E-state index in [2.05, 4.69) is 10.6 Å². The third-order valence-corrected chi connectivity index (χ3v) is 3.45. The van der Waals surface area contributed by atoms with Gasteiger partial charge < -0.3 is 10.6 Å². The second kappa shape index (κ2) is 5.48. The van der Waals surface area contributed by atoms with Crippen molar-refractivity contribution in [3.8, 4) is 0 Å². The molecule has 0 unspecified atom stereocenters. The lowest BCUT2D eigenvalue weighted by atomic mass is 9.96. The first-order valence-corrected chi connectivity index (χ1v) is 6.29. The summed E-state index contributed by atoms with van der Waals surface area (Å²) < 4.78 is 12.8. The molecule has 0 aliphatic heterocycles. The first-order chi connectivity index (χ1) is 8.63. The molecule has 1 aromatic carbocycles. The van der Waals surface area contributed by atoms with Crippen molar-refractivity contribution in [2.75, 3.05) is 20.1 Å². The molecule has 3 nitrogen and oxygen atoms in total. The van der Waals surface area contributed by atoms with Gasteiger partial charge >= 0.3 is 0 Å². The summed E-state index contributed by atoms with van der Waals surface area (Å²) in [6.45, 7) is 1.07. The van der Waals surface area contributed by atoms with Gasteiger partial charge in [-0.2, -0.15) is 0 Å². The van der Waals surface area contributed by atoms with Gasteiger partial charge in [0.05, 0.1) is 6.54 Å². The van der Waals surface area contributed by atoms with E-state index in [1.807, 2.05) is 12.1 Å². The lowest BCUT2D eigenvalue weighted by Crippen LogP contribution is -2.36. The summed E-state index contributed by atoms with van der Waals surface area (Å²) in [5, 5.41) is 5.77. The normalized spacial score (nSPS) is 16.3. The molecular formula is C14H19FN2O. The van der Waals surface area contributed by atoms with Crippen LogP contribution in [0.25, 0.3) is 0 Å². The van der Waals surface area contributed by atoms with Crippen LogP contribution in [0.1, 0.15) is 18.4 Å². The lowest BCUT2D eigenvalue weighted by molar-refractivity contribution is -0.120. The lowest BCUT2D eigenvalue weighted by Gasteiger charge is -2.16. The Morgan fingerprint density at radius 3 is 2.56 bits per heavy atom. The first-order valence-electron chi connectivity index (χ1n) is 6.29. The molecule has 0 heterocycles. The van der Waals surface area contributed by atoms with Crippen molar-refractivity contribution in [3.63, 3.8) is 0 Å². The predicted molar refractivity (Wildman–Crippen MR) is 68.7 cm³/mol. The van der Waals surface area contributed by atoms with Crippen molar-refractivity contribution < 1.29 is 9.18 Å². The van der Waals surface area contributed by atoms with Crippen LogP contribution < -0.4 is 10.6 Å². The number of amides is 1. The largest absolute Gasteiger partial charge is 0.354 e. The number of halogens is 1. The van der Waals surface area contributed by atoms with Crippen LogP contribution in [0, 0.1) is 11.2 Å². The number of likely N-dealkylation sites (N-methyl/N-ethyl adjacent to an activating group) is 1. The van der Waals surface area contributed by atoms with Crippen LogP contribution in [0.15, 0.2) is 24.3 Å². The van der Waals surface area contributed by atoms with Gasteiger partial charge in [-0.05, 0) is 49.4 Å². The molecule has 0 atom stereocenters. The molecule has 0 aromatic heterocycles. The van der Waals surface area contributed by atoms with Gasteiger partial charge in [-0.3, -0.25) is 4.79 Å². The number of nitrogens with one attached hydrogen (secondary N) is 2. The Labute approximate surface area is 107 Å². The average Bonchev–Trinajstić information content (AvgIpc) is 3.11. The fourth-order valence-corrected chi connectivity index (χ4v) is 2.14. The monoisotopic (exact) mass is 250 g/mol. The number of carbonyl (C=O) groups is 1. The summed E-state index contributed by atoms with van der Waals surface area (Å²) in [5.41, 5.74) is 1.33. The molecule has 4 heteroatoms. The highest BCUT2D eigenvalue weighted by atomic mass is 19.1. The zero-order valence-electron chi connectivity index (χ0n) is 10.6. The van der Waals surface area contributed by atoms with Gasteiger partial charge in [0.25, 0.3) is 0 Å². The minimum absolute atomic E-state index is 0.0304. The van der Waals surface area contributed by atoms with Gasteiger partial charge in [0.1, 0.15) is 5.82 Å². The van der Waals surface area contributed by atoms with E-state index in [0.717, 1.165) is 24.8 Å². The Morgan fingerprint density at radius 2 is 2.00 bits per heavy atom. The smallest absolute Gasteiger partial charge is 0.233 e. The van der Waals surface area contributed by atoms with Crippen molar-refractivity contribution in [2.24, 2.45) is 5.41 Å². The molecule has 1 aliphatic carbocycles. The van der Waals surface area contributed by atoms with Crippen LogP contribution in [0.5, 0.6) is 0 Å². The molecule has 0 bridgehead atoms. The second-order valence-electron chi connectivity index (χ2n) is 5.11. The van der Waals surface area contributed by atoms with Gasteiger partial charge in [-0.1, -0.05) is 12.1 Å². The summed E-state index contributed by atoms with van der Waals surface area (Å²) in [6, 6.07) is 6.63. The molecule has 1 fully saturated rings. The summed E-state index contributed by atoms with van der Waals surface area (Å²) in [4.78, 5) is 11.4. The molecule has 0 radical (unpaired) electrons. The van der Waals surface area contributed by atoms with E-state index in [1.165, 1.54) is 12.1 Å². The Balaban J connectivity index is 1.84. The molecular weight excluding hydrogens is 231 g/mol. The van der Waals surface area contributed by atoms with Crippen LogP contribution in [0.2, 0.25) is 0 Å². The van der Waals surface area contributed by atoms with Gasteiger partial charge in [-0.25, -0.2) is 4.39 Å². The van der Waals surface area contributed by atoms with E-state index >= 15 is 0 Å². The number of hydrogen-bond acceptors (Lipinski definition) is 2. The van der Waals surface area contributed by atoms with Crippen molar-refractivity contribution in [2.45, 2.75) is 19.3 Å². The van der Waals surface area contributed by atoms with Crippen LogP contribution in [-0.2, 0) is 11.2 Å². The summed E-state index contributed by atoms with van der Waals surface area (Å²) in [5.74, 6) is -0.172. The highest BCUT2D eigenvalue weighted by Gasteiger charge is 2.42. The molecule has 1 aliphatic rings. The third kappa shape index (κ3) is 3.53. The number of benzene rings is 1. The van der Waals surface area contributed by atoms with Crippen molar-refractivity contribution >= 4 is 5.91 Å². The Hall–Kier alpha value is -1.42. The van der Waals surface area contributed by atoms with Crippen LogP contribution in [0.3, 0.4) is 0 Å². The van der Waals surface area contributed by atoms with Crippen molar-refractivity contribution in [1.29, 1.82) is 0 Å². The van der Waals surface area contributed by atoms with Gasteiger partial charge in [0.15, 0.2) is 0 Å². The van der Waals surface area contributed by atoms with Crippen molar-refractivity contribution in [1.82, 2.24) is 10.6 Å². The van der Waals surface area contributed by atoms with E-state index in [4.69, 9.17) is 0 Å². The third-order valence-electron chi connectivity index (χ3n) is 3.45. The van der Waals surface area contributed by atoms with Gasteiger partial charge in [0.2, 0.25) is 5.91 Å². The van der Waals surface area contributed by atoms with E-state index in [9.17, 15) is 9.18 Å². The quantitative estimate of drug-likeness (QED) is 0.803. The maximum Gasteiger partial charge on any atom is 0.233 e. The summed E-state index contributed by atoms with van der Waals surface area (Å²) >= 11 is 0. The fourth-order valence-electron chi connectivity index (χ4n) is 2.14. The van der Waals surface area contributed by atoms with E-state index in [1.54, 1.807) is 7.05 Å². The maximum atomic E-state index is 12.8. The maximum absolute atomic E-state index is 12.8. The molecule has 18 heavy (non-hydrogen) atoms. The molecule has 0 saturated heterocycles. The second-order valence-corrected chi connectivity index (χ2v) is 5.11. The zero-order valence-corrected chi connectivity index (χ0v) is 10.6. The molecule has 98 valence electrons. The number of hydrogen-bond donors (Lipinski definition) is 2. The SMILES string of the molecule is CNCC(=O)NCC1(Cc2ccc(F)cc2)CC1. The highest BCUT2D eigenvalue weighted by Crippen LogP contribution is 2.47. The molecule has 2 rings (SSSR count). The van der Waals surface area contributed by atoms with E-state index < -0.39 is 0 Å². The minimum Gasteiger partial charge on any atom is -0.354 e. The predicted octanol–water partition coefficient (Wildman–Crippen LogP) is 1.48. The first kappa shape index (κ1) is 13.0. The Kier molecular flexibility index (Phi) is 3.97.